The Labute approximate surface area is 269 Å². The molecule has 0 aromatic heterocycles. The second-order valence-electron chi connectivity index (χ2n) is 13.9. The topological polar surface area (TPSA) is 0 Å². The van der Waals surface area contributed by atoms with Crippen LogP contribution in [-0.2, 0) is 15.7 Å². The Balaban J connectivity index is 0.000000153. The molecule has 4 heteroatoms. The number of halogens is 1. The van der Waals surface area contributed by atoms with E-state index >= 15 is 0 Å². The van der Waals surface area contributed by atoms with Crippen LogP contribution < -0.4 is 0 Å². The van der Waals surface area contributed by atoms with Gasteiger partial charge in [0.05, 0.1) is 17.0 Å². The van der Waals surface area contributed by atoms with E-state index in [1.165, 1.54) is 69.6 Å². The van der Waals surface area contributed by atoms with Crippen molar-refractivity contribution < 1.29 is 15.7 Å². The van der Waals surface area contributed by atoms with Gasteiger partial charge in [0.25, 0.3) is 0 Å². The van der Waals surface area contributed by atoms with E-state index in [1.807, 2.05) is 18.2 Å². The van der Waals surface area contributed by atoms with Crippen LogP contribution in [0.1, 0.15) is 166 Å². The summed E-state index contributed by atoms with van der Waals surface area (Å²) in [7, 11) is 6.85. The molecule has 0 radical (unpaired) electrons. The van der Waals surface area contributed by atoms with Crippen LogP contribution in [-0.4, -0.2) is 32.9 Å². The predicted molar refractivity (Wildman–Crippen MR) is 188 cm³/mol. The Morgan fingerprint density at radius 1 is 0.512 bits per heavy atom. The van der Waals surface area contributed by atoms with Gasteiger partial charge >= 0.3 is 65.9 Å². The van der Waals surface area contributed by atoms with Crippen molar-refractivity contribution in [2.24, 2.45) is 0 Å². The third-order valence-electron chi connectivity index (χ3n) is 10.9. The summed E-state index contributed by atoms with van der Waals surface area (Å²) in [5.41, 5.74) is 7.21. The van der Waals surface area contributed by atoms with Crippen LogP contribution >= 0.6 is 26.2 Å². The van der Waals surface area contributed by atoms with Crippen molar-refractivity contribution in [2.45, 2.75) is 189 Å². The van der Waals surface area contributed by atoms with Crippen LogP contribution in [0, 0.1) is 0 Å². The Morgan fingerprint density at radius 3 is 1.20 bits per heavy atom. The van der Waals surface area contributed by atoms with Crippen LogP contribution in [0.5, 0.6) is 0 Å². The molecule has 0 N–H and O–H groups in total. The predicted octanol–water partition coefficient (Wildman–Crippen LogP) is 12.6. The van der Waals surface area contributed by atoms with Gasteiger partial charge in [-0.1, -0.05) is 57.8 Å². The monoisotopic (exact) mass is 706 g/mol. The molecule has 5 aliphatic rings. The molecule has 6 rings (SSSR count). The van der Waals surface area contributed by atoms with Crippen molar-refractivity contribution in [3.63, 3.8) is 0 Å². The summed E-state index contributed by atoms with van der Waals surface area (Å²) in [5, 5.41) is 0. The van der Waals surface area contributed by atoms with Crippen molar-refractivity contribution in [1.82, 2.24) is 0 Å². The molecular formula is C37H63ClP2Ru+. The molecule has 1 aromatic rings. The van der Waals surface area contributed by atoms with Gasteiger partial charge in [0.2, 0.25) is 0 Å². The quantitative estimate of drug-likeness (QED) is 0.204. The van der Waals surface area contributed by atoms with Crippen LogP contribution in [0.3, 0.4) is 0 Å². The summed E-state index contributed by atoms with van der Waals surface area (Å²) in [6.07, 6.45) is 39.2. The van der Waals surface area contributed by atoms with Crippen molar-refractivity contribution in [2.75, 3.05) is 0 Å². The second kappa shape index (κ2) is 21.6. The molecule has 1 aromatic carbocycles. The zero-order valence-electron chi connectivity index (χ0n) is 26.3. The molecule has 0 saturated heterocycles. The van der Waals surface area contributed by atoms with E-state index in [9.17, 15) is 0 Å². The minimum atomic E-state index is -0.0765. The van der Waals surface area contributed by atoms with Crippen LogP contribution in [0.4, 0.5) is 0 Å². The molecule has 5 aliphatic carbocycles. The number of hydrogen-bond donors (Lipinski definition) is 0. The van der Waals surface area contributed by atoms with E-state index in [1.54, 1.807) is 122 Å². The average Bonchev–Trinajstić information content (AvgIpc) is 3.05. The summed E-state index contributed by atoms with van der Waals surface area (Å²) >= 11 is -0.0765. The minimum absolute atomic E-state index is 0.0465. The molecule has 0 heterocycles. The molecule has 5 fully saturated rings. The normalized spacial score (nSPS) is 24.6. The Kier molecular flexibility index (Phi) is 18.3. The van der Waals surface area contributed by atoms with Gasteiger partial charge in [-0.3, -0.25) is 0 Å². The van der Waals surface area contributed by atoms with E-state index in [0.717, 1.165) is 11.3 Å². The van der Waals surface area contributed by atoms with E-state index < -0.39 is 0 Å². The Hall–Kier alpha value is 0.863. The number of benzene rings is 1. The molecule has 0 nitrogen and oxygen atoms in total. The summed E-state index contributed by atoms with van der Waals surface area (Å²) in [4.78, 5) is 0. The van der Waals surface area contributed by atoms with E-state index in [-0.39, 0.29) is 23.6 Å². The summed E-state index contributed by atoms with van der Waals surface area (Å²) < 4.78 is 2.06. The Bertz CT molecular complexity index is 728. The van der Waals surface area contributed by atoms with Gasteiger partial charge in [-0.05, 0) is 114 Å². The van der Waals surface area contributed by atoms with Gasteiger partial charge in [0, 0.05) is 7.92 Å². The van der Waals surface area contributed by atoms with Gasteiger partial charge in [0.15, 0.2) is 0 Å². The average molecular weight is 706 g/mol. The zero-order valence-corrected chi connectivity index (χ0v) is 30.8. The molecule has 0 amide bonds. The maximum absolute atomic E-state index is 5.57. The van der Waals surface area contributed by atoms with Gasteiger partial charge in [0.1, 0.15) is 0 Å². The van der Waals surface area contributed by atoms with Crippen molar-refractivity contribution >= 4 is 30.8 Å². The molecule has 0 bridgehead atoms. The molecule has 0 atom stereocenters. The molecule has 5 saturated carbocycles. The molecule has 41 heavy (non-hydrogen) atoms. The first-order valence-corrected chi connectivity index (χ1v) is 24.2. The van der Waals surface area contributed by atoms with Crippen molar-refractivity contribution in [3.05, 3.63) is 35.9 Å². The van der Waals surface area contributed by atoms with Gasteiger partial charge < -0.3 is 0 Å². The third kappa shape index (κ3) is 13.4. The van der Waals surface area contributed by atoms with E-state index in [2.05, 4.69) is 16.7 Å². The van der Waals surface area contributed by atoms with Crippen LogP contribution in [0.2, 0.25) is 0 Å². The molecule has 0 aliphatic heterocycles. The van der Waals surface area contributed by atoms with E-state index in [0.29, 0.717) is 0 Å². The molecule has 0 spiro atoms. The molecular weight excluding hydrogens is 643 g/mol. The Morgan fingerprint density at radius 2 is 0.854 bits per heavy atom. The number of hydrogen-bond acceptors (Lipinski definition) is 0. The second-order valence-corrected chi connectivity index (χ2v) is 21.1. The summed E-state index contributed by atoms with van der Waals surface area (Å²) in [6.45, 7) is 0. The zero-order chi connectivity index (χ0) is 28.4. The molecule has 0 unspecified atom stereocenters. The van der Waals surface area contributed by atoms with Gasteiger partial charge in [-0.25, -0.2) is 0 Å². The van der Waals surface area contributed by atoms with E-state index in [4.69, 9.17) is 9.69 Å². The first-order chi connectivity index (χ1) is 20.3. The van der Waals surface area contributed by atoms with Gasteiger partial charge in [-0.2, -0.15) is 0 Å². The third-order valence-corrected chi connectivity index (χ3v) is 18.8. The fourth-order valence-electron chi connectivity index (χ4n) is 8.75. The SMILES string of the molecule is C1CCC(PC2CCCCC2)CC1.C1CCC([PH+](C2CCCCC2)C2CCCCC2)CC1.[Cl][Ru]=[CH]c1ccccc1. The fourth-order valence-corrected chi connectivity index (χ4v) is 17.2. The summed E-state index contributed by atoms with van der Waals surface area (Å²) in [5.74, 6) is 0. The fraction of sp³-hybridized carbons (Fsp3) is 0.811. The van der Waals surface area contributed by atoms with Gasteiger partial charge in [-0.15, -0.1) is 8.58 Å². The van der Waals surface area contributed by atoms with Crippen molar-refractivity contribution in [1.29, 1.82) is 0 Å². The first-order valence-electron chi connectivity index (χ1n) is 18.1. The number of rotatable bonds is 6. The first kappa shape index (κ1) is 34.7. The summed E-state index contributed by atoms with van der Waals surface area (Å²) in [6, 6.07) is 10.1. The van der Waals surface area contributed by atoms with Crippen molar-refractivity contribution in [3.8, 4) is 0 Å². The van der Waals surface area contributed by atoms with Crippen LogP contribution in [0.15, 0.2) is 30.3 Å². The maximum atomic E-state index is 5.57. The molecule has 235 valence electrons. The standard InChI is InChI=1S/C18H33P.C12H23P.C7H6.ClH.Ru/c1-4-10-16(11-5-1)19(17-12-6-2-7-13-17)18-14-8-3-9-15-18;1-3-7-11(8-4-1)13-12-9-5-2-6-10-12;1-7-5-3-2-4-6-7;;/h16-18H,1-15H2;11-13H,1-10H2;1-6H;1H;/q;;;;+1. The van der Waals surface area contributed by atoms with Crippen LogP contribution in [0.25, 0.3) is 0 Å².